The van der Waals surface area contributed by atoms with Crippen LogP contribution in [0.15, 0.2) is 24.3 Å². The number of hydrogen-bond acceptors (Lipinski definition) is 5. The van der Waals surface area contributed by atoms with Crippen molar-refractivity contribution in [3.63, 3.8) is 0 Å². The van der Waals surface area contributed by atoms with Crippen LogP contribution >= 0.6 is 0 Å². The van der Waals surface area contributed by atoms with Crippen LogP contribution < -0.4 is 15.5 Å². The van der Waals surface area contributed by atoms with Crippen LogP contribution in [0.2, 0.25) is 0 Å². The third kappa shape index (κ3) is 4.86. The Morgan fingerprint density at radius 2 is 2.04 bits per heavy atom. The number of carbonyl (C=O) groups is 2. The normalized spacial score (nSPS) is 23.6. The summed E-state index contributed by atoms with van der Waals surface area (Å²) >= 11 is 0. The zero-order chi connectivity index (χ0) is 18.5. The van der Waals surface area contributed by atoms with Crippen LogP contribution in [0.3, 0.4) is 0 Å². The van der Waals surface area contributed by atoms with E-state index in [-0.39, 0.29) is 24.3 Å². The number of carbonyl (C=O) groups excluding carboxylic acids is 2. The smallest absolute Gasteiger partial charge is 0.414 e. The molecule has 0 saturated carbocycles. The number of amides is 3. The molecule has 0 radical (unpaired) electrons. The van der Waals surface area contributed by atoms with Crippen LogP contribution in [0.4, 0.5) is 21.0 Å². The quantitative estimate of drug-likeness (QED) is 0.836. The number of ether oxygens (including phenoxy) is 2. The number of rotatable bonds is 5. The molecular formula is C18H26N4O4. The third-order valence-electron chi connectivity index (χ3n) is 4.39. The Kier molecular flexibility index (Phi) is 5.95. The standard InChI is InChI=1S/C18H26N4O4/c1-13-11-21(12-14(2)26-13)7-6-19-17(23)20-15-4-3-5-16(10-15)22-8-9-25-18(22)24/h3-5,10,13-14H,6-9,11-12H2,1-2H3,(H2,19,20,23). The molecule has 2 aliphatic heterocycles. The first-order chi connectivity index (χ1) is 12.5. The Balaban J connectivity index is 1.45. The van der Waals surface area contributed by atoms with E-state index in [4.69, 9.17) is 9.47 Å². The molecule has 2 fully saturated rings. The maximum absolute atomic E-state index is 12.1. The van der Waals surface area contributed by atoms with Crippen molar-refractivity contribution in [3.05, 3.63) is 24.3 Å². The summed E-state index contributed by atoms with van der Waals surface area (Å²) < 4.78 is 10.6. The summed E-state index contributed by atoms with van der Waals surface area (Å²) in [6.07, 6.45) is 0.0701. The number of morpholine rings is 1. The largest absolute Gasteiger partial charge is 0.447 e. The van der Waals surface area contributed by atoms with Gasteiger partial charge in [-0.25, -0.2) is 9.59 Å². The van der Waals surface area contributed by atoms with Gasteiger partial charge in [0.05, 0.1) is 18.8 Å². The van der Waals surface area contributed by atoms with Gasteiger partial charge in [-0.2, -0.15) is 0 Å². The molecule has 26 heavy (non-hydrogen) atoms. The molecule has 2 N–H and O–H groups in total. The lowest BCUT2D eigenvalue weighted by molar-refractivity contribution is -0.0672. The zero-order valence-corrected chi connectivity index (χ0v) is 15.2. The van der Waals surface area contributed by atoms with Gasteiger partial charge < -0.3 is 20.1 Å². The average Bonchev–Trinajstić information content (AvgIpc) is 3.00. The Morgan fingerprint density at radius 3 is 2.73 bits per heavy atom. The fraction of sp³-hybridized carbons (Fsp3) is 0.556. The highest BCUT2D eigenvalue weighted by Crippen LogP contribution is 2.22. The van der Waals surface area contributed by atoms with Crippen molar-refractivity contribution in [1.82, 2.24) is 10.2 Å². The maximum Gasteiger partial charge on any atom is 0.414 e. The summed E-state index contributed by atoms with van der Waals surface area (Å²) in [4.78, 5) is 27.6. The van der Waals surface area contributed by atoms with E-state index in [0.717, 1.165) is 19.6 Å². The van der Waals surface area contributed by atoms with Gasteiger partial charge in [0, 0.05) is 37.6 Å². The van der Waals surface area contributed by atoms with E-state index in [2.05, 4.69) is 29.4 Å². The van der Waals surface area contributed by atoms with Gasteiger partial charge in [0.1, 0.15) is 6.61 Å². The van der Waals surface area contributed by atoms with E-state index in [1.54, 1.807) is 23.1 Å². The first kappa shape index (κ1) is 18.5. The minimum Gasteiger partial charge on any atom is -0.447 e. The van der Waals surface area contributed by atoms with Crippen LogP contribution in [0, 0.1) is 0 Å². The fourth-order valence-electron chi connectivity index (χ4n) is 3.35. The van der Waals surface area contributed by atoms with Gasteiger partial charge in [0.2, 0.25) is 0 Å². The second kappa shape index (κ2) is 8.37. The molecule has 3 rings (SSSR count). The first-order valence-corrected chi connectivity index (χ1v) is 8.98. The third-order valence-corrected chi connectivity index (χ3v) is 4.39. The molecule has 2 unspecified atom stereocenters. The van der Waals surface area contributed by atoms with Crippen molar-refractivity contribution in [3.8, 4) is 0 Å². The monoisotopic (exact) mass is 362 g/mol. The second-order valence-electron chi connectivity index (χ2n) is 6.71. The van der Waals surface area contributed by atoms with Gasteiger partial charge in [-0.15, -0.1) is 0 Å². The topological polar surface area (TPSA) is 83.1 Å². The number of hydrogen-bond donors (Lipinski definition) is 2. The van der Waals surface area contributed by atoms with Crippen LogP contribution in [-0.4, -0.2) is 68.6 Å². The minimum atomic E-state index is -0.361. The van der Waals surface area contributed by atoms with Gasteiger partial charge >= 0.3 is 12.1 Å². The SMILES string of the molecule is CC1CN(CCNC(=O)Nc2cccc(N3CCOC3=O)c2)CC(C)O1. The molecule has 3 amide bonds. The van der Waals surface area contributed by atoms with Crippen molar-refractivity contribution in [2.75, 3.05) is 49.5 Å². The Bertz CT molecular complexity index is 644. The number of urea groups is 1. The highest BCUT2D eigenvalue weighted by molar-refractivity contribution is 5.93. The zero-order valence-electron chi connectivity index (χ0n) is 15.2. The molecule has 2 heterocycles. The average molecular weight is 362 g/mol. The number of benzene rings is 1. The van der Waals surface area contributed by atoms with Crippen molar-refractivity contribution in [2.24, 2.45) is 0 Å². The van der Waals surface area contributed by atoms with E-state index in [1.165, 1.54) is 0 Å². The van der Waals surface area contributed by atoms with Gasteiger partial charge in [0.15, 0.2) is 0 Å². The van der Waals surface area contributed by atoms with Crippen molar-refractivity contribution in [2.45, 2.75) is 26.1 Å². The molecule has 0 spiro atoms. The summed E-state index contributed by atoms with van der Waals surface area (Å²) in [5, 5.41) is 5.67. The summed E-state index contributed by atoms with van der Waals surface area (Å²) in [6.45, 7) is 8.12. The molecule has 1 aromatic carbocycles. The number of anilines is 2. The van der Waals surface area contributed by atoms with Crippen molar-refractivity contribution < 1.29 is 19.1 Å². The Labute approximate surface area is 153 Å². The summed E-state index contributed by atoms with van der Waals surface area (Å²) in [7, 11) is 0. The predicted octanol–water partition coefficient (Wildman–Crippen LogP) is 1.87. The summed E-state index contributed by atoms with van der Waals surface area (Å²) in [6, 6.07) is 6.90. The molecule has 0 bridgehead atoms. The predicted molar refractivity (Wildman–Crippen MR) is 98.6 cm³/mol. The minimum absolute atomic E-state index is 0.215. The molecule has 0 aromatic heterocycles. The first-order valence-electron chi connectivity index (χ1n) is 8.98. The highest BCUT2D eigenvalue weighted by atomic mass is 16.6. The van der Waals surface area contributed by atoms with E-state index < -0.39 is 0 Å². The van der Waals surface area contributed by atoms with Gasteiger partial charge in [-0.05, 0) is 32.0 Å². The number of nitrogens with one attached hydrogen (secondary N) is 2. The van der Waals surface area contributed by atoms with Crippen LogP contribution in [-0.2, 0) is 9.47 Å². The van der Waals surface area contributed by atoms with Gasteiger partial charge in [-0.3, -0.25) is 9.80 Å². The maximum atomic E-state index is 12.1. The van der Waals surface area contributed by atoms with E-state index in [0.29, 0.717) is 31.1 Å². The summed E-state index contributed by atoms with van der Waals surface area (Å²) in [5.74, 6) is 0. The van der Waals surface area contributed by atoms with Crippen molar-refractivity contribution in [1.29, 1.82) is 0 Å². The van der Waals surface area contributed by atoms with E-state index in [1.807, 2.05) is 6.07 Å². The molecular weight excluding hydrogens is 336 g/mol. The lowest BCUT2D eigenvalue weighted by atomic mass is 10.2. The van der Waals surface area contributed by atoms with E-state index >= 15 is 0 Å². The molecule has 8 nitrogen and oxygen atoms in total. The molecule has 142 valence electrons. The van der Waals surface area contributed by atoms with Crippen LogP contribution in [0.1, 0.15) is 13.8 Å². The van der Waals surface area contributed by atoms with Crippen molar-refractivity contribution >= 4 is 23.5 Å². The molecule has 2 atom stereocenters. The lowest BCUT2D eigenvalue weighted by Crippen LogP contribution is -2.48. The van der Waals surface area contributed by atoms with E-state index in [9.17, 15) is 9.59 Å². The summed E-state index contributed by atoms with van der Waals surface area (Å²) in [5.41, 5.74) is 1.34. The Hall–Kier alpha value is -2.32. The lowest BCUT2D eigenvalue weighted by Gasteiger charge is -2.35. The number of nitrogens with zero attached hydrogens (tertiary/aromatic N) is 2. The second-order valence-corrected chi connectivity index (χ2v) is 6.71. The molecule has 8 heteroatoms. The molecule has 2 aliphatic rings. The number of cyclic esters (lactones) is 1. The highest BCUT2D eigenvalue weighted by Gasteiger charge is 2.24. The molecule has 2 saturated heterocycles. The fourth-order valence-corrected chi connectivity index (χ4v) is 3.35. The van der Waals surface area contributed by atoms with Crippen LogP contribution in [0.5, 0.6) is 0 Å². The van der Waals surface area contributed by atoms with Crippen LogP contribution in [0.25, 0.3) is 0 Å². The van der Waals surface area contributed by atoms with Gasteiger partial charge in [-0.1, -0.05) is 6.07 Å². The van der Waals surface area contributed by atoms with Gasteiger partial charge in [0.25, 0.3) is 0 Å². The molecule has 1 aromatic rings. The Morgan fingerprint density at radius 1 is 1.27 bits per heavy atom. The molecule has 0 aliphatic carbocycles.